The van der Waals surface area contributed by atoms with Gasteiger partial charge in [0.05, 0.1) is 30.5 Å². The SMILES string of the molecule is CC[Si](CC)(CC)O[C@@H]1/C(C)=C/[C@@H](C)C(=O)C[C@@H]([C@H](C)C[C@@H]2CCC(Cn3cnnn3)[C@H](OC)C2)OC(=O)[C@@H]2CCCCN2C(=O)C(=O)[C@]2(O)O[C@@H](CC[C@H]2C)C[C@H](OC)C(C)=CC(O)C/C=C/[C@@H](C)C[C@@H](C)C(=O)[C@@H]1OC. The Balaban J connectivity index is 1.53. The van der Waals surface area contributed by atoms with E-state index in [4.69, 9.17) is 28.1 Å². The van der Waals surface area contributed by atoms with Gasteiger partial charge in [-0.25, -0.2) is 9.48 Å². The van der Waals surface area contributed by atoms with E-state index in [9.17, 15) is 34.2 Å². The summed E-state index contributed by atoms with van der Waals surface area (Å²) in [5, 5.41) is 34.9. The van der Waals surface area contributed by atoms with E-state index in [0.29, 0.717) is 57.1 Å². The lowest BCUT2D eigenvalue weighted by Gasteiger charge is -2.42. The molecule has 2 bridgehead atoms. The molecule has 4 heterocycles. The van der Waals surface area contributed by atoms with E-state index in [1.54, 1.807) is 38.2 Å². The first-order valence-corrected chi connectivity index (χ1v) is 31.8. The van der Waals surface area contributed by atoms with Crippen LogP contribution in [0.4, 0.5) is 0 Å². The molecule has 440 valence electrons. The molecule has 78 heavy (non-hydrogen) atoms. The van der Waals surface area contributed by atoms with E-state index in [0.717, 1.165) is 43.0 Å². The fourth-order valence-corrected chi connectivity index (χ4v) is 15.5. The van der Waals surface area contributed by atoms with Crippen molar-refractivity contribution in [1.29, 1.82) is 0 Å². The van der Waals surface area contributed by atoms with Crippen LogP contribution in [-0.4, -0.2) is 155 Å². The fourth-order valence-electron chi connectivity index (χ4n) is 12.6. The van der Waals surface area contributed by atoms with E-state index in [1.165, 1.54) is 12.0 Å². The molecule has 3 aliphatic heterocycles. The van der Waals surface area contributed by atoms with Crippen LogP contribution >= 0.6 is 0 Å². The maximum absolute atomic E-state index is 14.8. The first-order valence-electron chi connectivity index (χ1n) is 29.3. The number of esters is 1. The van der Waals surface area contributed by atoms with Crippen molar-refractivity contribution in [2.75, 3.05) is 27.9 Å². The molecule has 1 aliphatic carbocycles. The lowest BCUT2D eigenvalue weighted by atomic mass is 9.75. The Kier molecular flexibility index (Phi) is 25.2. The van der Waals surface area contributed by atoms with Crippen LogP contribution in [-0.2, 0) is 58.6 Å². The number of methoxy groups -OCH3 is 3. The van der Waals surface area contributed by atoms with Crippen LogP contribution in [0.3, 0.4) is 0 Å². The van der Waals surface area contributed by atoms with E-state index in [2.05, 4.69) is 36.3 Å². The molecule has 2 N–H and O–H groups in total. The van der Waals surface area contributed by atoms with Gasteiger partial charge in [-0.1, -0.05) is 79.7 Å². The van der Waals surface area contributed by atoms with Gasteiger partial charge in [-0.05, 0) is 142 Å². The van der Waals surface area contributed by atoms with Crippen LogP contribution in [0.15, 0.2) is 41.8 Å². The number of fused-ring (bicyclic) bond motifs is 3. The zero-order valence-electron chi connectivity index (χ0n) is 49.4. The van der Waals surface area contributed by atoms with Crippen LogP contribution < -0.4 is 0 Å². The average molecular weight is 1110 g/mol. The number of cyclic esters (lactones) is 1. The molecule has 0 aromatic carbocycles. The van der Waals surface area contributed by atoms with E-state index < -0.39 is 92.2 Å². The second-order valence-corrected chi connectivity index (χ2v) is 28.3. The number of ether oxygens (including phenoxy) is 5. The molecule has 1 aromatic rings. The molecule has 0 radical (unpaired) electrons. The lowest BCUT2D eigenvalue weighted by molar-refractivity contribution is -0.265. The number of piperidine rings is 1. The number of hydrogen-bond acceptors (Lipinski definition) is 16. The predicted molar refractivity (Wildman–Crippen MR) is 298 cm³/mol. The zero-order valence-corrected chi connectivity index (χ0v) is 50.4. The minimum absolute atomic E-state index is 0.0190. The number of carbonyl (C=O) groups is 5. The van der Waals surface area contributed by atoms with Crippen LogP contribution in [0.5, 0.6) is 0 Å². The van der Waals surface area contributed by atoms with Crippen LogP contribution in [0.25, 0.3) is 0 Å². The maximum atomic E-state index is 14.8. The molecule has 0 spiro atoms. The van der Waals surface area contributed by atoms with Crippen molar-refractivity contribution in [2.24, 2.45) is 41.4 Å². The second kappa shape index (κ2) is 30.3. The molecule has 5 rings (SSSR count). The van der Waals surface area contributed by atoms with E-state index >= 15 is 0 Å². The Morgan fingerprint density at radius 1 is 0.859 bits per heavy atom. The summed E-state index contributed by atoms with van der Waals surface area (Å²) in [6.07, 6.45) is 10.6. The first kappa shape index (κ1) is 65.0. The number of hydrogen-bond donors (Lipinski definition) is 2. The molecule has 2 unspecified atom stereocenters. The monoisotopic (exact) mass is 1110 g/mol. The van der Waals surface area contributed by atoms with Crippen LogP contribution in [0, 0.1) is 41.4 Å². The maximum Gasteiger partial charge on any atom is 0.329 e. The van der Waals surface area contributed by atoms with Gasteiger partial charge in [0.25, 0.3) is 11.7 Å². The van der Waals surface area contributed by atoms with Gasteiger partial charge < -0.3 is 43.2 Å². The van der Waals surface area contributed by atoms with Crippen molar-refractivity contribution >= 4 is 37.5 Å². The fraction of sp³-hybridized carbons (Fsp3) is 0.797. The molecule has 18 nitrogen and oxygen atoms in total. The highest BCUT2D eigenvalue weighted by atomic mass is 28.4. The Morgan fingerprint density at radius 3 is 2.22 bits per heavy atom. The normalized spacial score (nSPS) is 36.0. The van der Waals surface area contributed by atoms with Crippen LogP contribution in [0.1, 0.15) is 153 Å². The predicted octanol–water partition coefficient (Wildman–Crippen LogP) is 8.35. The largest absolute Gasteiger partial charge is 0.460 e. The van der Waals surface area contributed by atoms with Crippen molar-refractivity contribution in [3.63, 3.8) is 0 Å². The Labute approximate surface area is 466 Å². The Bertz CT molecular complexity index is 2200. The molecule has 1 saturated carbocycles. The highest BCUT2D eigenvalue weighted by molar-refractivity contribution is 6.73. The van der Waals surface area contributed by atoms with Gasteiger partial charge in [0.1, 0.15) is 30.4 Å². The highest BCUT2D eigenvalue weighted by Crippen LogP contribution is 2.39. The van der Waals surface area contributed by atoms with Gasteiger partial charge in [0.2, 0.25) is 5.79 Å². The van der Waals surface area contributed by atoms with E-state index in [-0.39, 0.29) is 67.1 Å². The molecule has 16 atom stereocenters. The minimum atomic E-state index is -2.47. The smallest absolute Gasteiger partial charge is 0.329 e. The first-order chi connectivity index (χ1) is 37.1. The van der Waals surface area contributed by atoms with Crippen molar-refractivity contribution in [3.8, 4) is 0 Å². The quantitative estimate of drug-likeness (QED) is 0.0818. The summed E-state index contributed by atoms with van der Waals surface area (Å²) in [6, 6.07) is 1.34. The molecular weight excluding hydrogens is 1010 g/mol. The van der Waals surface area contributed by atoms with Gasteiger partial charge in [0.15, 0.2) is 14.1 Å². The number of aliphatic hydroxyl groups is 2. The van der Waals surface area contributed by atoms with Crippen molar-refractivity contribution in [2.45, 2.75) is 232 Å². The number of Topliss-reactive ketones (excluding diaryl/α,β-unsaturated/α-hetero) is 3. The molecule has 4 aliphatic rings. The number of nitrogens with zero attached hydrogens (tertiary/aromatic N) is 5. The second-order valence-electron chi connectivity index (χ2n) is 23.6. The summed E-state index contributed by atoms with van der Waals surface area (Å²) in [5.74, 6) is -7.43. The third-order valence-electron chi connectivity index (χ3n) is 18.0. The average Bonchev–Trinajstić information content (AvgIpc) is 3.98. The number of allylic oxidation sites excluding steroid dienone is 2. The number of amides is 1. The molecule has 1 amide bonds. The standard InChI is InChI=1S/C59H97N5O13Si/c1-14-78(15-2,16-3)77-54-42(9)29-38(5)49(66)34-51(39(6)30-44-24-25-45(52(32-44)73-12)35-63-36-60-61-62-63)75-58(70)48-22-17-18-27-64(48)57(69)56(68)59(71)43(10)23-26-47(76-59)33-50(72-11)40(7)31-46(65)21-19-20-37(4)28-41(8)53(67)55(54)74-13/h19-20,29,31,36-39,41,43-48,50-52,54-55,65,71H,14-18,21-28,30,32-35H2,1-13H3/b20-19+,40-31?,42-29+/t37-,38-,39-,41-,43-,44+,45?,46?,47+,48+,50+,51+,52-,54-,55+,59-/m1/s1. The number of ketones is 3. The number of aliphatic hydroxyl groups excluding tert-OH is 1. The van der Waals surface area contributed by atoms with Crippen molar-refractivity contribution in [1.82, 2.24) is 25.1 Å². The summed E-state index contributed by atoms with van der Waals surface area (Å²) < 4.78 is 39.6. The Hall–Kier alpha value is -3.82. The third kappa shape index (κ3) is 16.9. The van der Waals surface area contributed by atoms with Gasteiger partial charge >= 0.3 is 5.97 Å². The van der Waals surface area contributed by atoms with Gasteiger partial charge in [-0.15, -0.1) is 5.10 Å². The van der Waals surface area contributed by atoms with Crippen molar-refractivity contribution in [3.05, 3.63) is 41.8 Å². The minimum Gasteiger partial charge on any atom is -0.460 e. The van der Waals surface area contributed by atoms with Gasteiger partial charge in [0, 0.05) is 70.9 Å². The summed E-state index contributed by atoms with van der Waals surface area (Å²) >= 11 is 0. The lowest BCUT2D eigenvalue weighted by Crippen LogP contribution is -2.61. The van der Waals surface area contributed by atoms with E-state index in [1.807, 2.05) is 59.8 Å². The zero-order chi connectivity index (χ0) is 57.5. The summed E-state index contributed by atoms with van der Waals surface area (Å²) in [6.45, 7) is 20.3. The topological polar surface area (TPSA) is 228 Å². The molecule has 3 fully saturated rings. The summed E-state index contributed by atoms with van der Waals surface area (Å²) in [5.41, 5.74) is 1.44. The third-order valence-corrected chi connectivity index (χ3v) is 22.6. The Morgan fingerprint density at radius 2 is 1.58 bits per heavy atom. The number of rotatable bonds is 13. The number of carbonyl (C=O) groups excluding carboxylic acids is 5. The molecule has 1 aromatic heterocycles. The molecule has 2 saturated heterocycles. The van der Waals surface area contributed by atoms with Gasteiger partial charge in [-0.2, -0.15) is 0 Å². The van der Waals surface area contributed by atoms with Gasteiger partial charge in [-0.3, -0.25) is 19.2 Å². The number of aromatic nitrogens is 4. The highest BCUT2D eigenvalue weighted by Gasteiger charge is 2.53. The summed E-state index contributed by atoms with van der Waals surface area (Å²) in [7, 11) is 2.41. The molecule has 19 heteroatoms. The number of tetrazole rings is 1. The molecular formula is C59H97N5O13Si. The summed E-state index contributed by atoms with van der Waals surface area (Å²) in [4.78, 5) is 74.4. The van der Waals surface area contributed by atoms with Crippen molar-refractivity contribution < 1.29 is 62.3 Å². The van der Waals surface area contributed by atoms with Crippen LogP contribution in [0.2, 0.25) is 18.1 Å².